The molecule has 2 aromatic rings. The Hall–Kier alpha value is -2.09. The first-order valence-electron chi connectivity index (χ1n) is 7.07. The fraction of sp³-hybridized carbons (Fsp3) is 0.278. The molecule has 0 saturated heterocycles. The van der Waals surface area contributed by atoms with Crippen molar-refractivity contribution in [2.75, 3.05) is 0 Å². The highest BCUT2D eigenvalue weighted by molar-refractivity contribution is 5.73. The van der Waals surface area contributed by atoms with Gasteiger partial charge in [-0.25, -0.2) is 0 Å². The van der Waals surface area contributed by atoms with E-state index in [4.69, 9.17) is 5.11 Å². The van der Waals surface area contributed by atoms with Crippen LogP contribution < -0.4 is 0 Å². The van der Waals surface area contributed by atoms with Gasteiger partial charge in [0.1, 0.15) is 0 Å². The van der Waals surface area contributed by atoms with E-state index in [1.807, 2.05) is 18.2 Å². The summed E-state index contributed by atoms with van der Waals surface area (Å²) in [4.78, 5) is 11.1. The van der Waals surface area contributed by atoms with Crippen LogP contribution in [0.3, 0.4) is 0 Å². The Morgan fingerprint density at radius 2 is 1.50 bits per heavy atom. The second kappa shape index (κ2) is 6.38. The average Bonchev–Trinajstić information content (AvgIpc) is 2.47. The Labute approximate surface area is 120 Å². The molecule has 0 aromatic heterocycles. The van der Waals surface area contributed by atoms with Crippen molar-refractivity contribution in [3.8, 4) is 11.1 Å². The zero-order chi connectivity index (χ0) is 14.5. The van der Waals surface area contributed by atoms with Gasteiger partial charge in [-0.05, 0) is 40.7 Å². The minimum absolute atomic E-state index is 0.113. The number of benzene rings is 2. The highest BCUT2D eigenvalue weighted by atomic mass is 16.4. The van der Waals surface area contributed by atoms with E-state index in [-0.39, 0.29) is 6.42 Å². The van der Waals surface area contributed by atoms with Crippen molar-refractivity contribution in [1.82, 2.24) is 0 Å². The quantitative estimate of drug-likeness (QED) is 0.886. The van der Waals surface area contributed by atoms with Crippen LogP contribution in [0.1, 0.15) is 30.5 Å². The van der Waals surface area contributed by atoms with Crippen LogP contribution in [-0.4, -0.2) is 11.1 Å². The Kier molecular flexibility index (Phi) is 4.57. The number of aryl methyl sites for hydroxylation is 2. The van der Waals surface area contributed by atoms with E-state index < -0.39 is 5.97 Å². The van der Waals surface area contributed by atoms with Crippen molar-refractivity contribution < 1.29 is 9.90 Å². The molecule has 0 bridgehead atoms. The van der Waals surface area contributed by atoms with Gasteiger partial charge in [0.15, 0.2) is 0 Å². The molecule has 0 saturated carbocycles. The maximum atomic E-state index is 11.1. The lowest BCUT2D eigenvalue weighted by atomic mass is 9.90. The maximum Gasteiger partial charge on any atom is 0.307 e. The zero-order valence-corrected chi connectivity index (χ0v) is 12.0. The van der Waals surface area contributed by atoms with Crippen LogP contribution in [0.2, 0.25) is 0 Å². The van der Waals surface area contributed by atoms with Crippen molar-refractivity contribution in [3.63, 3.8) is 0 Å². The minimum atomic E-state index is -0.762. The van der Waals surface area contributed by atoms with Crippen LogP contribution in [0.15, 0.2) is 42.5 Å². The summed E-state index contributed by atoms with van der Waals surface area (Å²) in [6.45, 7) is 4.16. The fourth-order valence-corrected chi connectivity index (χ4v) is 2.60. The summed E-state index contributed by atoms with van der Waals surface area (Å²) in [6, 6.07) is 14.5. The summed E-state index contributed by atoms with van der Waals surface area (Å²) in [5.41, 5.74) is 5.63. The molecule has 20 heavy (non-hydrogen) atoms. The van der Waals surface area contributed by atoms with Gasteiger partial charge in [0.25, 0.3) is 0 Å². The molecule has 0 aliphatic heterocycles. The van der Waals surface area contributed by atoms with Crippen molar-refractivity contribution in [3.05, 3.63) is 59.2 Å². The number of carboxylic acids is 1. The van der Waals surface area contributed by atoms with Gasteiger partial charge in [0, 0.05) is 0 Å². The van der Waals surface area contributed by atoms with Gasteiger partial charge in [0.05, 0.1) is 6.42 Å². The lowest BCUT2D eigenvalue weighted by Crippen LogP contribution is -2.07. The Morgan fingerprint density at radius 3 is 1.95 bits per heavy atom. The summed E-state index contributed by atoms with van der Waals surface area (Å²) < 4.78 is 0. The van der Waals surface area contributed by atoms with Crippen LogP contribution in [0.5, 0.6) is 0 Å². The van der Waals surface area contributed by atoms with Crippen molar-refractivity contribution in [1.29, 1.82) is 0 Å². The van der Waals surface area contributed by atoms with Crippen molar-refractivity contribution in [2.24, 2.45) is 0 Å². The third-order valence-electron chi connectivity index (χ3n) is 3.63. The standard InChI is InChI=1S/C18H20O2/c1-3-13-10-16(15-8-6-5-7-9-15)11-14(4-2)17(13)12-18(19)20/h5-11H,3-4,12H2,1-2H3,(H,19,20). The predicted octanol–water partition coefficient (Wildman–Crippen LogP) is 4.11. The van der Waals surface area contributed by atoms with Crippen LogP contribution in [0.4, 0.5) is 0 Å². The summed E-state index contributed by atoms with van der Waals surface area (Å²) in [6.07, 6.45) is 1.83. The molecule has 2 aromatic carbocycles. The highest BCUT2D eigenvalue weighted by Gasteiger charge is 2.12. The smallest absolute Gasteiger partial charge is 0.307 e. The van der Waals surface area contributed by atoms with E-state index >= 15 is 0 Å². The maximum absolute atomic E-state index is 11.1. The molecule has 0 unspecified atom stereocenters. The molecule has 0 heterocycles. The molecule has 104 valence electrons. The molecular formula is C18H20O2. The van der Waals surface area contributed by atoms with Crippen molar-refractivity contribution >= 4 is 5.97 Å². The lowest BCUT2D eigenvalue weighted by molar-refractivity contribution is -0.136. The molecule has 0 aliphatic rings. The normalized spacial score (nSPS) is 10.5. The molecule has 2 rings (SSSR count). The molecule has 0 radical (unpaired) electrons. The van der Waals surface area contributed by atoms with Crippen LogP contribution in [0.25, 0.3) is 11.1 Å². The molecule has 0 fully saturated rings. The minimum Gasteiger partial charge on any atom is -0.481 e. The zero-order valence-electron chi connectivity index (χ0n) is 12.0. The van der Waals surface area contributed by atoms with Gasteiger partial charge in [-0.3, -0.25) is 4.79 Å². The summed E-state index contributed by atoms with van der Waals surface area (Å²) in [5, 5.41) is 9.09. The molecule has 2 nitrogen and oxygen atoms in total. The predicted molar refractivity (Wildman–Crippen MR) is 82.0 cm³/mol. The summed E-state index contributed by atoms with van der Waals surface area (Å²) in [7, 11) is 0. The Morgan fingerprint density at radius 1 is 0.950 bits per heavy atom. The first kappa shape index (κ1) is 14.3. The molecule has 0 atom stereocenters. The van der Waals surface area contributed by atoms with Gasteiger partial charge in [-0.2, -0.15) is 0 Å². The SMILES string of the molecule is CCc1cc(-c2ccccc2)cc(CC)c1CC(=O)O. The van der Waals surface area contributed by atoms with E-state index in [1.54, 1.807) is 0 Å². The summed E-state index contributed by atoms with van der Waals surface area (Å²) in [5.74, 6) is -0.762. The van der Waals surface area contributed by atoms with Gasteiger partial charge in [-0.15, -0.1) is 0 Å². The topological polar surface area (TPSA) is 37.3 Å². The number of aliphatic carboxylic acids is 1. The van der Waals surface area contributed by atoms with Gasteiger partial charge in [-0.1, -0.05) is 56.3 Å². The number of carboxylic acid groups (broad SMARTS) is 1. The molecule has 2 heteroatoms. The largest absolute Gasteiger partial charge is 0.481 e. The lowest BCUT2D eigenvalue weighted by Gasteiger charge is -2.15. The number of hydrogen-bond acceptors (Lipinski definition) is 1. The third kappa shape index (κ3) is 3.08. The Balaban J connectivity index is 2.55. The van der Waals surface area contributed by atoms with E-state index in [1.165, 1.54) is 11.1 Å². The van der Waals surface area contributed by atoms with Gasteiger partial charge >= 0.3 is 5.97 Å². The van der Waals surface area contributed by atoms with Gasteiger partial charge in [0.2, 0.25) is 0 Å². The molecule has 0 amide bonds. The summed E-state index contributed by atoms with van der Waals surface area (Å²) >= 11 is 0. The van der Waals surface area contributed by atoms with Gasteiger partial charge < -0.3 is 5.11 Å². The number of carbonyl (C=O) groups is 1. The molecule has 0 spiro atoms. The average molecular weight is 268 g/mol. The van der Waals surface area contributed by atoms with E-state index in [2.05, 4.69) is 38.1 Å². The first-order chi connectivity index (χ1) is 9.65. The van der Waals surface area contributed by atoms with Crippen LogP contribution >= 0.6 is 0 Å². The van der Waals surface area contributed by atoms with E-state index in [9.17, 15) is 4.79 Å². The second-order valence-corrected chi connectivity index (χ2v) is 4.92. The number of rotatable bonds is 5. The Bertz CT molecular complexity index is 575. The van der Waals surface area contributed by atoms with Crippen LogP contribution in [-0.2, 0) is 24.1 Å². The molecule has 0 aliphatic carbocycles. The molecule has 1 N–H and O–H groups in total. The monoisotopic (exact) mass is 268 g/mol. The van der Waals surface area contributed by atoms with E-state index in [0.717, 1.165) is 29.5 Å². The third-order valence-corrected chi connectivity index (χ3v) is 3.63. The highest BCUT2D eigenvalue weighted by Crippen LogP contribution is 2.27. The molecular weight excluding hydrogens is 248 g/mol. The van der Waals surface area contributed by atoms with E-state index in [0.29, 0.717) is 0 Å². The number of hydrogen-bond donors (Lipinski definition) is 1. The fourth-order valence-electron chi connectivity index (χ4n) is 2.60. The van der Waals surface area contributed by atoms with Crippen LogP contribution in [0, 0.1) is 0 Å². The first-order valence-corrected chi connectivity index (χ1v) is 7.07. The second-order valence-electron chi connectivity index (χ2n) is 4.92. The van der Waals surface area contributed by atoms with Crippen molar-refractivity contribution in [2.45, 2.75) is 33.1 Å².